The van der Waals surface area contributed by atoms with Crippen LogP contribution in [0.15, 0.2) is 24.3 Å². The van der Waals surface area contributed by atoms with Gasteiger partial charge in [0.2, 0.25) is 6.41 Å². The maximum absolute atomic E-state index is 11.1. The van der Waals surface area contributed by atoms with Gasteiger partial charge in [0.05, 0.1) is 0 Å². The number of benzene rings is 1. The van der Waals surface area contributed by atoms with Crippen LogP contribution < -0.4 is 4.90 Å². The van der Waals surface area contributed by atoms with E-state index < -0.39 is 0 Å². The van der Waals surface area contributed by atoms with Crippen molar-refractivity contribution in [3.05, 3.63) is 29.8 Å². The molecule has 0 N–H and O–H groups in total. The predicted molar refractivity (Wildman–Crippen MR) is 78.6 cm³/mol. The molecule has 0 spiro atoms. The summed E-state index contributed by atoms with van der Waals surface area (Å²) in [5.41, 5.74) is 1.49. The Morgan fingerprint density at radius 1 is 0.947 bits per heavy atom. The molecule has 1 aromatic rings. The van der Waals surface area contributed by atoms with E-state index in [4.69, 9.17) is 0 Å². The van der Waals surface area contributed by atoms with Crippen LogP contribution in [0.5, 0.6) is 0 Å². The van der Waals surface area contributed by atoms with E-state index >= 15 is 0 Å². The van der Waals surface area contributed by atoms with Crippen molar-refractivity contribution in [3.8, 4) is 0 Å². The minimum absolute atomic E-state index is 0.633. The number of hydrogen-bond acceptors (Lipinski definition) is 2. The van der Waals surface area contributed by atoms with Crippen molar-refractivity contribution >= 4 is 18.4 Å². The van der Waals surface area contributed by atoms with Crippen molar-refractivity contribution in [1.29, 1.82) is 0 Å². The van der Waals surface area contributed by atoms with Crippen molar-refractivity contribution in [2.24, 2.45) is 0 Å². The largest absolute Gasteiger partial charge is 0.315 e. The van der Waals surface area contributed by atoms with Crippen LogP contribution in [0.4, 0.5) is 5.69 Å². The van der Waals surface area contributed by atoms with E-state index in [0.29, 0.717) is 5.56 Å². The van der Waals surface area contributed by atoms with Crippen LogP contribution in [0, 0.1) is 0 Å². The number of nitrogens with zero attached hydrogens (tertiary/aromatic N) is 1. The lowest BCUT2D eigenvalue weighted by molar-refractivity contribution is -0.107. The van der Waals surface area contributed by atoms with Crippen LogP contribution in [0.2, 0.25) is 0 Å². The monoisotopic (exact) mass is 261 g/mol. The van der Waals surface area contributed by atoms with Crippen LogP contribution >= 0.6 is 0 Å². The Hall–Kier alpha value is -1.64. The van der Waals surface area contributed by atoms with E-state index in [-0.39, 0.29) is 0 Å². The Kier molecular flexibility index (Phi) is 7.56. The van der Waals surface area contributed by atoms with Gasteiger partial charge in [-0.05, 0) is 30.7 Å². The van der Waals surface area contributed by atoms with Gasteiger partial charge in [-0.3, -0.25) is 9.59 Å². The Balaban J connectivity index is 2.35. The lowest BCUT2D eigenvalue weighted by atomic mass is 10.1. The van der Waals surface area contributed by atoms with Crippen molar-refractivity contribution in [2.75, 3.05) is 11.4 Å². The third-order valence-electron chi connectivity index (χ3n) is 3.24. The molecule has 0 aliphatic heterocycles. The molecule has 104 valence electrons. The molecule has 3 nitrogen and oxygen atoms in total. The first-order valence-corrected chi connectivity index (χ1v) is 7.09. The molecule has 1 aromatic carbocycles. The Bertz CT molecular complexity index is 373. The normalized spacial score (nSPS) is 10.2. The minimum Gasteiger partial charge on any atom is -0.315 e. The van der Waals surface area contributed by atoms with Gasteiger partial charge in [-0.25, -0.2) is 0 Å². The van der Waals surface area contributed by atoms with Crippen molar-refractivity contribution in [2.45, 2.75) is 45.4 Å². The summed E-state index contributed by atoms with van der Waals surface area (Å²) in [6.07, 6.45) is 8.93. The van der Waals surface area contributed by atoms with E-state index in [1.165, 1.54) is 25.7 Å². The molecule has 0 bridgehead atoms. The summed E-state index contributed by atoms with van der Waals surface area (Å²) in [6.45, 7) is 2.95. The molecule has 19 heavy (non-hydrogen) atoms. The van der Waals surface area contributed by atoms with Crippen LogP contribution in [-0.4, -0.2) is 19.2 Å². The molecule has 0 radical (unpaired) electrons. The zero-order chi connectivity index (χ0) is 13.9. The predicted octanol–water partition coefficient (Wildman–Crippen LogP) is 3.82. The van der Waals surface area contributed by atoms with Crippen LogP contribution in [-0.2, 0) is 4.79 Å². The number of carbonyl (C=O) groups excluding carboxylic acids is 2. The van der Waals surface area contributed by atoms with Crippen LogP contribution in [0.25, 0.3) is 0 Å². The summed E-state index contributed by atoms with van der Waals surface area (Å²) in [7, 11) is 0. The number of aldehydes is 1. The topological polar surface area (TPSA) is 37.4 Å². The highest BCUT2D eigenvalue weighted by molar-refractivity contribution is 5.79. The first kappa shape index (κ1) is 15.4. The summed E-state index contributed by atoms with van der Waals surface area (Å²) in [5.74, 6) is 0. The second-order valence-corrected chi connectivity index (χ2v) is 4.78. The molecule has 0 aliphatic rings. The lowest BCUT2D eigenvalue weighted by Crippen LogP contribution is -2.22. The molecular weight excluding hydrogens is 238 g/mol. The highest BCUT2D eigenvalue weighted by atomic mass is 16.1. The number of rotatable bonds is 10. The van der Waals surface area contributed by atoms with Gasteiger partial charge in [0.1, 0.15) is 6.29 Å². The summed E-state index contributed by atoms with van der Waals surface area (Å²) >= 11 is 0. The number of amides is 1. The zero-order valence-corrected chi connectivity index (χ0v) is 11.7. The van der Waals surface area contributed by atoms with Gasteiger partial charge in [-0.2, -0.15) is 0 Å². The first-order valence-electron chi connectivity index (χ1n) is 7.09. The number of hydrogen-bond donors (Lipinski definition) is 0. The average molecular weight is 261 g/mol. The molecule has 0 saturated carbocycles. The van der Waals surface area contributed by atoms with Gasteiger partial charge in [0, 0.05) is 17.8 Å². The third kappa shape index (κ3) is 5.69. The van der Waals surface area contributed by atoms with Gasteiger partial charge in [0.25, 0.3) is 0 Å². The molecule has 0 aromatic heterocycles. The van der Waals surface area contributed by atoms with Gasteiger partial charge in [0.15, 0.2) is 0 Å². The molecule has 0 aliphatic carbocycles. The average Bonchev–Trinajstić information content (AvgIpc) is 2.47. The number of carbonyl (C=O) groups is 2. The Morgan fingerprint density at radius 3 is 2.16 bits per heavy atom. The second kappa shape index (κ2) is 9.31. The van der Waals surface area contributed by atoms with Gasteiger partial charge in [-0.15, -0.1) is 0 Å². The maximum atomic E-state index is 11.1. The number of unbranched alkanes of at least 4 members (excludes halogenated alkanes) is 5. The summed E-state index contributed by atoms with van der Waals surface area (Å²) in [6, 6.07) is 7.10. The Labute approximate surface area is 115 Å². The molecule has 1 amide bonds. The van der Waals surface area contributed by atoms with E-state index in [2.05, 4.69) is 6.92 Å². The highest BCUT2D eigenvalue weighted by Crippen LogP contribution is 2.14. The standard InChI is InChI=1S/C16H23NO2/c1-2-3-4-5-6-7-12-17(14-19)16-10-8-15(13-18)9-11-16/h8-11,13-14H,2-7,12H2,1H3. The molecular formula is C16H23NO2. The molecule has 1 rings (SSSR count). The fourth-order valence-electron chi connectivity index (χ4n) is 2.05. The molecule has 0 unspecified atom stereocenters. The lowest BCUT2D eigenvalue weighted by Gasteiger charge is -2.17. The molecule has 0 heterocycles. The fourth-order valence-corrected chi connectivity index (χ4v) is 2.05. The van der Waals surface area contributed by atoms with Gasteiger partial charge < -0.3 is 4.90 Å². The summed E-state index contributed by atoms with van der Waals surface area (Å²) in [4.78, 5) is 23.4. The smallest absolute Gasteiger partial charge is 0.214 e. The summed E-state index contributed by atoms with van der Waals surface area (Å²) < 4.78 is 0. The van der Waals surface area contributed by atoms with Gasteiger partial charge >= 0.3 is 0 Å². The van der Waals surface area contributed by atoms with E-state index in [0.717, 1.165) is 37.8 Å². The second-order valence-electron chi connectivity index (χ2n) is 4.78. The minimum atomic E-state index is 0.633. The molecule has 0 fully saturated rings. The molecule has 0 saturated heterocycles. The van der Waals surface area contributed by atoms with Crippen molar-refractivity contribution in [3.63, 3.8) is 0 Å². The third-order valence-corrected chi connectivity index (χ3v) is 3.24. The van der Waals surface area contributed by atoms with E-state index in [1.54, 1.807) is 17.0 Å². The zero-order valence-electron chi connectivity index (χ0n) is 11.7. The van der Waals surface area contributed by atoms with E-state index in [9.17, 15) is 9.59 Å². The first-order chi connectivity index (χ1) is 9.31. The SMILES string of the molecule is CCCCCCCCN(C=O)c1ccc(C=O)cc1. The van der Waals surface area contributed by atoms with Crippen LogP contribution in [0.1, 0.15) is 55.8 Å². The van der Waals surface area contributed by atoms with Crippen molar-refractivity contribution in [1.82, 2.24) is 0 Å². The highest BCUT2D eigenvalue weighted by Gasteiger charge is 2.04. The molecule has 0 atom stereocenters. The van der Waals surface area contributed by atoms with Crippen LogP contribution in [0.3, 0.4) is 0 Å². The number of anilines is 1. The van der Waals surface area contributed by atoms with E-state index in [1.807, 2.05) is 12.1 Å². The summed E-state index contributed by atoms with van der Waals surface area (Å²) in [5, 5.41) is 0. The maximum Gasteiger partial charge on any atom is 0.214 e. The molecule has 3 heteroatoms. The quantitative estimate of drug-likeness (QED) is 0.474. The Morgan fingerprint density at radius 2 is 1.58 bits per heavy atom. The van der Waals surface area contributed by atoms with Crippen molar-refractivity contribution < 1.29 is 9.59 Å². The van der Waals surface area contributed by atoms with Gasteiger partial charge in [-0.1, -0.05) is 39.0 Å². The fraction of sp³-hybridized carbons (Fsp3) is 0.500.